The standard InChI is InChI=1S/C22H36O2/c1-21-11-8-15(23)13-14(21)4-5-16-17(21)9-12-22-10-2-3-20(24)19(22)7-6-18(16)22/h14-20,23-24H,2-13H2,1H3/t14-,15+,16?,17?,18?,19+,20?,21-,22-/m0/s1. The average Bonchev–Trinajstić information content (AvgIpc) is 2.96. The van der Waals surface area contributed by atoms with Crippen molar-refractivity contribution in [3.05, 3.63) is 0 Å². The van der Waals surface area contributed by atoms with Crippen LogP contribution >= 0.6 is 0 Å². The Labute approximate surface area is 147 Å². The molecule has 4 unspecified atom stereocenters. The highest BCUT2D eigenvalue weighted by Gasteiger charge is 2.62. The molecule has 5 aliphatic rings. The molecular formula is C22H36O2. The Bertz CT molecular complexity index is 504. The Balaban J connectivity index is 1.45. The van der Waals surface area contributed by atoms with E-state index in [0.717, 1.165) is 42.9 Å². The summed E-state index contributed by atoms with van der Waals surface area (Å²) in [6, 6.07) is 0. The Morgan fingerprint density at radius 3 is 2.46 bits per heavy atom. The van der Waals surface area contributed by atoms with Gasteiger partial charge in [0.05, 0.1) is 12.2 Å². The predicted molar refractivity (Wildman–Crippen MR) is 95.4 cm³/mol. The van der Waals surface area contributed by atoms with E-state index in [0.29, 0.717) is 16.7 Å². The molecular weight excluding hydrogens is 296 g/mol. The first-order valence-corrected chi connectivity index (χ1v) is 10.9. The van der Waals surface area contributed by atoms with E-state index >= 15 is 0 Å². The van der Waals surface area contributed by atoms with Gasteiger partial charge in [-0.3, -0.25) is 0 Å². The van der Waals surface area contributed by atoms with Gasteiger partial charge in [-0.05, 0) is 111 Å². The summed E-state index contributed by atoms with van der Waals surface area (Å²) in [7, 11) is 0. The van der Waals surface area contributed by atoms with Crippen molar-refractivity contribution >= 4 is 0 Å². The van der Waals surface area contributed by atoms with Crippen LogP contribution < -0.4 is 0 Å². The number of hydrogen-bond acceptors (Lipinski definition) is 2. The third kappa shape index (κ3) is 2.02. The van der Waals surface area contributed by atoms with Crippen LogP contribution in [0.3, 0.4) is 0 Å². The SMILES string of the molecule is C[C@]12CC[C@@H](O)C[C@@H]1CCC1C3CC[C@@H]4C(O)CCC[C@]34CCC12. The second-order valence-corrected chi connectivity index (χ2v) is 10.5. The fraction of sp³-hybridized carbons (Fsp3) is 1.00. The molecule has 5 aliphatic carbocycles. The van der Waals surface area contributed by atoms with E-state index < -0.39 is 0 Å². The van der Waals surface area contributed by atoms with Gasteiger partial charge >= 0.3 is 0 Å². The van der Waals surface area contributed by atoms with Crippen molar-refractivity contribution in [3.63, 3.8) is 0 Å². The van der Waals surface area contributed by atoms with Crippen LogP contribution in [0.4, 0.5) is 0 Å². The van der Waals surface area contributed by atoms with Gasteiger partial charge in [-0.2, -0.15) is 0 Å². The fourth-order valence-electron chi connectivity index (χ4n) is 9.00. The van der Waals surface area contributed by atoms with Crippen molar-refractivity contribution in [2.45, 2.75) is 96.2 Å². The first-order valence-electron chi connectivity index (χ1n) is 10.9. The second kappa shape index (κ2) is 5.46. The third-order valence-electron chi connectivity index (χ3n) is 10.0. The van der Waals surface area contributed by atoms with Crippen LogP contribution in [-0.2, 0) is 0 Å². The minimum Gasteiger partial charge on any atom is -0.393 e. The molecule has 0 saturated heterocycles. The molecule has 0 radical (unpaired) electrons. The van der Waals surface area contributed by atoms with Gasteiger partial charge in [0, 0.05) is 0 Å². The zero-order chi connectivity index (χ0) is 16.5. The van der Waals surface area contributed by atoms with Gasteiger partial charge in [0.2, 0.25) is 0 Å². The lowest BCUT2D eigenvalue weighted by molar-refractivity contribution is -0.147. The highest BCUT2D eigenvalue weighted by molar-refractivity contribution is 5.12. The molecule has 5 saturated carbocycles. The van der Waals surface area contributed by atoms with E-state index in [1.54, 1.807) is 0 Å². The van der Waals surface area contributed by atoms with E-state index in [1.807, 2.05) is 0 Å². The van der Waals surface area contributed by atoms with Gasteiger partial charge in [0.15, 0.2) is 0 Å². The molecule has 1 spiro atoms. The minimum absolute atomic E-state index is 0.00273. The first-order chi connectivity index (χ1) is 11.5. The maximum Gasteiger partial charge on any atom is 0.0573 e. The maximum atomic E-state index is 10.6. The van der Waals surface area contributed by atoms with Gasteiger partial charge in [-0.25, -0.2) is 0 Å². The van der Waals surface area contributed by atoms with E-state index in [-0.39, 0.29) is 12.2 Å². The number of fused-ring (bicyclic) bond motifs is 4. The highest BCUT2D eigenvalue weighted by atomic mass is 16.3. The minimum atomic E-state index is -0.0288. The van der Waals surface area contributed by atoms with Crippen molar-refractivity contribution in [2.75, 3.05) is 0 Å². The van der Waals surface area contributed by atoms with Gasteiger partial charge in [0.1, 0.15) is 0 Å². The van der Waals surface area contributed by atoms with Crippen molar-refractivity contribution in [1.29, 1.82) is 0 Å². The molecule has 2 heteroatoms. The number of aliphatic hydroxyl groups excluding tert-OH is 2. The lowest BCUT2D eigenvalue weighted by Crippen LogP contribution is -2.55. The summed E-state index contributed by atoms with van der Waals surface area (Å²) in [5, 5.41) is 20.8. The fourth-order valence-corrected chi connectivity index (χ4v) is 9.00. The smallest absolute Gasteiger partial charge is 0.0573 e. The van der Waals surface area contributed by atoms with Crippen LogP contribution in [0.5, 0.6) is 0 Å². The monoisotopic (exact) mass is 332 g/mol. The Hall–Kier alpha value is -0.0800. The van der Waals surface area contributed by atoms with Crippen LogP contribution in [0.2, 0.25) is 0 Å². The molecule has 24 heavy (non-hydrogen) atoms. The summed E-state index contributed by atoms with van der Waals surface area (Å²) in [6.45, 7) is 2.58. The van der Waals surface area contributed by atoms with Gasteiger partial charge in [-0.15, -0.1) is 0 Å². The Kier molecular flexibility index (Phi) is 3.67. The molecule has 0 aromatic heterocycles. The summed E-state index contributed by atoms with van der Waals surface area (Å²) < 4.78 is 0. The second-order valence-electron chi connectivity index (χ2n) is 10.5. The van der Waals surface area contributed by atoms with Crippen molar-refractivity contribution < 1.29 is 10.2 Å². The highest BCUT2D eigenvalue weighted by Crippen LogP contribution is 2.70. The molecule has 5 fully saturated rings. The zero-order valence-corrected chi connectivity index (χ0v) is 15.4. The van der Waals surface area contributed by atoms with E-state index in [1.165, 1.54) is 57.8 Å². The first kappa shape index (κ1) is 16.1. The van der Waals surface area contributed by atoms with Crippen molar-refractivity contribution in [1.82, 2.24) is 0 Å². The molecule has 0 aliphatic heterocycles. The molecule has 0 bridgehead atoms. The summed E-state index contributed by atoms with van der Waals surface area (Å²) in [5.41, 5.74) is 1.01. The van der Waals surface area contributed by atoms with Crippen LogP contribution in [0.25, 0.3) is 0 Å². The summed E-state index contributed by atoms with van der Waals surface area (Å²) in [5.74, 6) is 4.12. The number of aliphatic hydroxyl groups is 2. The molecule has 0 aromatic carbocycles. The molecule has 2 N–H and O–H groups in total. The summed E-state index contributed by atoms with van der Waals surface area (Å²) >= 11 is 0. The molecule has 2 nitrogen and oxygen atoms in total. The summed E-state index contributed by atoms with van der Waals surface area (Å²) in [4.78, 5) is 0. The van der Waals surface area contributed by atoms with Crippen LogP contribution in [-0.4, -0.2) is 22.4 Å². The van der Waals surface area contributed by atoms with Crippen LogP contribution in [0.15, 0.2) is 0 Å². The normalized spacial score (nSPS) is 59.9. The number of rotatable bonds is 0. The Morgan fingerprint density at radius 1 is 0.750 bits per heavy atom. The molecule has 9 atom stereocenters. The predicted octanol–water partition coefficient (Wildman–Crippen LogP) is 4.53. The van der Waals surface area contributed by atoms with Gasteiger partial charge in [-0.1, -0.05) is 13.3 Å². The quantitative estimate of drug-likeness (QED) is 0.684. The molecule has 136 valence electrons. The van der Waals surface area contributed by atoms with E-state index in [2.05, 4.69) is 6.92 Å². The van der Waals surface area contributed by atoms with Crippen LogP contribution in [0.1, 0.15) is 84.0 Å². The topological polar surface area (TPSA) is 40.5 Å². The molecule has 0 aromatic rings. The number of hydrogen-bond donors (Lipinski definition) is 2. The molecule has 0 heterocycles. The average molecular weight is 333 g/mol. The Morgan fingerprint density at radius 2 is 1.58 bits per heavy atom. The molecule has 0 amide bonds. The largest absolute Gasteiger partial charge is 0.393 e. The van der Waals surface area contributed by atoms with Crippen molar-refractivity contribution in [2.24, 2.45) is 40.4 Å². The lowest BCUT2D eigenvalue weighted by Gasteiger charge is -2.62. The maximum absolute atomic E-state index is 10.6. The van der Waals surface area contributed by atoms with E-state index in [9.17, 15) is 10.2 Å². The van der Waals surface area contributed by atoms with Crippen LogP contribution in [0, 0.1) is 40.4 Å². The molecule has 5 rings (SSSR count). The summed E-state index contributed by atoms with van der Waals surface area (Å²) in [6.07, 6.45) is 15.3. The van der Waals surface area contributed by atoms with E-state index in [4.69, 9.17) is 0 Å². The van der Waals surface area contributed by atoms with Gasteiger partial charge in [0.25, 0.3) is 0 Å². The zero-order valence-electron chi connectivity index (χ0n) is 15.4. The van der Waals surface area contributed by atoms with Gasteiger partial charge < -0.3 is 10.2 Å². The third-order valence-corrected chi connectivity index (χ3v) is 10.0. The van der Waals surface area contributed by atoms with Crippen molar-refractivity contribution in [3.8, 4) is 0 Å². The lowest BCUT2D eigenvalue weighted by atomic mass is 9.43.